The van der Waals surface area contributed by atoms with Gasteiger partial charge in [-0.2, -0.15) is 0 Å². The molecular weight excluding hydrogens is 410 g/mol. The Morgan fingerprint density at radius 2 is 1.88 bits per heavy atom. The van der Waals surface area contributed by atoms with E-state index in [0.717, 1.165) is 19.3 Å². The molecule has 9 heteroatoms. The number of pyridine rings is 1. The summed E-state index contributed by atoms with van der Waals surface area (Å²) in [6.07, 6.45) is 7.61. The average Bonchev–Trinajstić information content (AvgIpc) is 2.62. The molecule has 1 aromatic heterocycles. The first-order valence-corrected chi connectivity index (χ1v) is 9.23. The van der Waals surface area contributed by atoms with Crippen molar-refractivity contribution in [1.82, 2.24) is 10.3 Å². The normalized spacial score (nSPS) is 14.0. The van der Waals surface area contributed by atoms with Gasteiger partial charge in [-0.25, -0.2) is 9.78 Å². The molecule has 0 unspecified atom stereocenters. The van der Waals surface area contributed by atoms with Crippen molar-refractivity contribution < 1.29 is 14.3 Å². The summed E-state index contributed by atoms with van der Waals surface area (Å²) in [7, 11) is 0. The van der Waals surface area contributed by atoms with Crippen molar-refractivity contribution in [2.75, 3.05) is 13.2 Å². The zero-order valence-electron chi connectivity index (χ0n) is 13.2. The fourth-order valence-electron chi connectivity index (χ4n) is 2.37. The predicted octanol–water partition coefficient (Wildman–Crippen LogP) is 4.86. The van der Waals surface area contributed by atoms with Crippen LogP contribution in [0.1, 0.15) is 42.6 Å². The minimum Gasteiger partial charge on any atom is -0.451 e. The zero-order valence-corrected chi connectivity index (χ0v) is 16.2. The molecule has 0 bridgehead atoms. The molecule has 1 heterocycles. The first-order valence-electron chi connectivity index (χ1n) is 7.72. The summed E-state index contributed by atoms with van der Waals surface area (Å²) in [4.78, 5) is 27.5. The van der Waals surface area contributed by atoms with E-state index >= 15 is 0 Å². The van der Waals surface area contributed by atoms with Gasteiger partial charge in [-0.3, -0.25) is 4.79 Å². The van der Waals surface area contributed by atoms with Gasteiger partial charge in [0.15, 0.2) is 12.3 Å². The van der Waals surface area contributed by atoms with E-state index in [1.165, 1.54) is 18.4 Å². The number of nitrogens with one attached hydrogen (secondary N) is 1. The molecule has 1 aromatic rings. The van der Waals surface area contributed by atoms with E-state index in [1.54, 1.807) is 0 Å². The topological polar surface area (TPSA) is 68.3 Å². The van der Waals surface area contributed by atoms with Gasteiger partial charge in [0.1, 0.15) is 5.15 Å². The fourth-order valence-corrected chi connectivity index (χ4v) is 3.17. The monoisotopic (exact) mass is 424 g/mol. The second kappa shape index (κ2) is 9.62. The second-order valence-corrected chi connectivity index (χ2v) is 6.97. The smallest absolute Gasteiger partial charge is 0.359 e. The third kappa shape index (κ3) is 5.74. The van der Waals surface area contributed by atoms with Gasteiger partial charge in [0, 0.05) is 6.54 Å². The number of rotatable bonds is 6. The lowest BCUT2D eigenvalue weighted by atomic mass is 9.97. The number of nitrogens with zero attached hydrogens (tertiary/aromatic N) is 1. The van der Waals surface area contributed by atoms with Crippen LogP contribution >= 0.6 is 46.4 Å². The lowest BCUT2D eigenvalue weighted by molar-refractivity contribution is -0.124. The van der Waals surface area contributed by atoms with Crippen molar-refractivity contribution in [2.45, 2.75) is 32.1 Å². The maximum Gasteiger partial charge on any atom is 0.359 e. The molecule has 1 N–H and O–H groups in total. The van der Waals surface area contributed by atoms with Crippen molar-refractivity contribution in [3.8, 4) is 0 Å². The van der Waals surface area contributed by atoms with E-state index in [4.69, 9.17) is 51.1 Å². The third-order valence-electron chi connectivity index (χ3n) is 3.67. The molecule has 0 fully saturated rings. The van der Waals surface area contributed by atoms with E-state index in [1.807, 2.05) is 0 Å². The number of halogens is 4. The Morgan fingerprint density at radius 1 is 1.12 bits per heavy atom. The zero-order chi connectivity index (χ0) is 18.4. The number of carbonyl (C=O) groups is 2. The molecule has 0 spiro atoms. The molecule has 0 aliphatic heterocycles. The van der Waals surface area contributed by atoms with E-state index in [9.17, 15) is 9.59 Å². The second-order valence-electron chi connectivity index (χ2n) is 5.48. The number of amides is 1. The van der Waals surface area contributed by atoms with E-state index in [-0.39, 0.29) is 25.9 Å². The summed E-state index contributed by atoms with van der Waals surface area (Å²) in [6, 6.07) is 0. The fraction of sp³-hybridized carbons (Fsp3) is 0.438. The molecule has 2 rings (SSSR count). The summed E-state index contributed by atoms with van der Waals surface area (Å²) in [5.74, 6) is -1.32. The van der Waals surface area contributed by atoms with E-state index in [0.29, 0.717) is 6.54 Å². The number of hydrogen-bond donors (Lipinski definition) is 1. The van der Waals surface area contributed by atoms with Crippen molar-refractivity contribution in [3.05, 3.63) is 37.6 Å². The van der Waals surface area contributed by atoms with Crippen LogP contribution < -0.4 is 5.32 Å². The number of ether oxygens (including phenoxy) is 1. The van der Waals surface area contributed by atoms with Crippen molar-refractivity contribution >= 4 is 58.3 Å². The van der Waals surface area contributed by atoms with Gasteiger partial charge < -0.3 is 10.1 Å². The summed E-state index contributed by atoms with van der Waals surface area (Å²) < 4.78 is 4.89. The molecule has 1 aliphatic rings. The highest BCUT2D eigenvalue weighted by molar-refractivity contribution is 6.52. The Morgan fingerprint density at radius 3 is 2.56 bits per heavy atom. The molecule has 1 aliphatic carbocycles. The number of esters is 1. The van der Waals surface area contributed by atoms with E-state index < -0.39 is 18.5 Å². The van der Waals surface area contributed by atoms with Crippen LogP contribution in [0.5, 0.6) is 0 Å². The Balaban J connectivity index is 1.81. The first-order chi connectivity index (χ1) is 11.9. The van der Waals surface area contributed by atoms with Crippen LogP contribution in [0, 0.1) is 0 Å². The molecule has 25 heavy (non-hydrogen) atoms. The summed E-state index contributed by atoms with van der Waals surface area (Å²) in [5.41, 5.74) is 1.06. The maximum atomic E-state index is 12.0. The molecule has 0 radical (unpaired) electrons. The molecule has 5 nitrogen and oxygen atoms in total. The standard InChI is InChI=1S/C16H16Cl4N2O3/c17-11-12(18)14(22-15(20)13(11)19)16(24)25-8-10(23)21-7-6-9-4-2-1-3-5-9/h4H,1-3,5-8H2,(H,21,23). The van der Waals surface area contributed by atoms with E-state index in [2.05, 4.69) is 16.4 Å². The highest BCUT2D eigenvalue weighted by Gasteiger charge is 2.22. The molecule has 0 atom stereocenters. The SMILES string of the molecule is O=C(COC(=O)c1nc(Cl)c(Cl)c(Cl)c1Cl)NCCC1=CCCCC1. The van der Waals surface area contributed by atoms with Crippen LogP contribution in [0.3, 0.4) is 0 Å². The van der Waals surface area contributed by atoms with Crippen LogP contribution in [0.15, 0.2) is 11.6 Å². The number of allylic oxidation sites excluding steroid dienone is 1. The summed E-state index contributed by atoms with van der Waals surface area (Å²) >= 11 is 23.3. The van der Waals surface area contributed by atoms with Gasteiger partial charge in [0.05, 0.1) is 15.1 Å². The van der Waals surface area contributed by atoms with Gasteiger partial charge in [0.2, 0.25) is 0 Å². The average molecular weight is 426 g/mol. The molecule has 0 saturated heterocycles. The Hall–Kier alpha value is -1.01. The minimum atomic E-state index is -0.907. The molecule has 0 saturated carbocycles. The highest BCUT2D eigenvalue weighted by atomic mass is 35.5. The van der Waals surface area contributed by atoms with Gasteiger partial charge in [-0.1, -0.05) is 58.1 Å². The molecule has 1 amide bonds. The lowest BCUT2D eigenvalue weighted by Gasteiger charge is -2.13. The van der Waals surface area contributed by atoms with Gasteiger partial charge in [-0.15, -0.1) is 0 Å². The number of aromatic nitrogens is 1. The summed E-state index contributed by atoms with van der Waals surface area (Å²) in [5, 5.41) is 2.20. The maximum absolute atomic E-state index is 12.0. The lowest BCUT2D eigenvalue weighted by Crippen LogP contribution is -2.30. The summed E-state index contributed by atoms with van der Waals surface area (Å²) in [6.45, 7) is 0.0492. The van der Waals surface area contributed by atoms with Crippen LogP contribution in [0.2, 0.25) is 20.2 Å². The number of carbonyl (C=O) groups excluding carboxylic acids is 2. The largest absolute Gasteiger partial charge is 0.451 e. The molecule has 136 valence electrons. The van der Waals surface area contributed by atoms with Gasteiger partial charge >= 0.3 is 5.97 Å². The van der Waals surface area contributed by atoms with Crippen molar-refractivity contribution in [2.24, 2.45) is 0 Å². The Labute approximate surface area is 165 Å². The van der Waals surface area contributed by atoms with Crippen LogP contribution in [-0.4, -0.2) is 30.0 Å². The van der Waals surface area contributed by atoms with Crippen LogP contribution in [0.4, 0.5) is 0 Å². The van der Waals surface area contributed by atoms with Crippen LogP contribution in [0.25, 0.3) is 0 Å². The molecular formula is C16H16Cl4N2O3. The minimum absolute atomic E-state index is 0.0559. The third-order valence-corrected chi connectivity index (χ3v) is 5.34. The quantitative estimate of drug-likeness (QED) is 0.401. The molecule has 0 aromatic carbocycles. The highest BCUT2D eigenvalue weighted by Crippen LogP contribution is 2.36. The Bertz CT molecular complexity index is 707. The van der Waals surface area contributed by atoms with Gasteiger partial charge in [0.25, 0.3) is 5.91 Å². The first kappa shape index (κ1) is 20.3. The van der Waals surface area contributed by atoms with Crippen molar-refractivity contribution in [3.63, 3.8) is 0 Å². The Kier molecular flexibility index (Phi) is 7.81. The predicted molar refractivity (Wildman–Crippen MR) is 98.7 cm³/mol. The van der Waals surface area contributed by atoms with Gasteiger partial charge in [-0.05, 0) is 32.1 Å². The van der Waals surface area contributed by atoms with Crippen molar-refractivity contribution in [1.29, 1.82) is 0 Å². The van der Waals surface area contributed by atoms with Crippen LogP contribution in [-0.2, 0) is 9.53 Å². The number of hydrogen-bond acceptors (Lipinski definition) is 4.